The molecule has 1 heterocycles. The van der Waals surface area contributed by atoms with E-state index in [2.05, 4.69) is 6.92 Å². The zero-order chi connectivity index (χ0) is 27.9. The van der Waals surface area contributed by atoms with Crippen LogP contribution in [0.4, 0.5) is 13.2 Å². The van der Waals surface area contributed by atoms with Crippen LogP contribution in [-0.4, -0.2) is 32.5 Å². The van der Waals surface area contributed by atoms with E-state index in [0.29, 0.717) is 22.3 Å². The van der Waals surface area contributed by atoms with Crippen LogP contribution in [0, 0.1) is 11.8 Å². The van der Waals surface area contributed by atoms with Gasteiger partial charge in [0.25, 0.3) is 0 Å². The molecule has 0 fully saturated rings. The number of alkyl halides is 3. The molecule has 3 aromatic rings. The predicted octanol–water partition coefficient (Wildman–Crippen LogP) is 6.96. The number of hydrogen-bond donors (Lipinski definition) is 0. The minimum atomic E-state index is -4.62. The predicted molar refractivity (Wildman–Crippen MR) is 139 cm³/mol. The van der Waals surface area contributed by atoms with Gasteiger partial charge < -0.3 is 18.6 Å². The third-order valence-corrected chi connectivity index (χ3v) is 6.14. The van der Waals surface area contributed by atoms with Crippen molar-refractivity contribution in [2.45, 2.75) is 52.6 Å². The largest absolute Gasteiger partial charge is 0.496 e. The van der Waals surface area contributed by atoms with Gasteiger partial charge in [0.1, 0.15) is 36.2 Å². The van der Waals surface area contributed by atoms with Crippen molar-refractivity contribution in [3.8, 4) is 22.6 Å². The molecule has 0 amide bonds. The van der Waals surface area contributed by atoms with Crippen LogP contribution in [0.15, 0.2) is 51.7 Å². The lowest BCUT2D eigenvalue weighted by Gasteiger charge is -2.21. The first kappa shape index (κ1) is 29.1. The van der Waals surface area contributed by atoms with Crippen LogP contribution in [0.1, 0.15) is 45.6 Å². The Bertz CT molecular complexity index is 1300. The average molecular weight is 535 g/mol. The van der Waals surface area contributed by atoms with Gasteiger partial charge in [-0.3, -0.25) is 4.79 Å². The lowest BCUT2D eigenvalue weighted by molar-refractivity contribution is -0.197. The van der Waals surface area contributed by atoms with Crippen molar-refractivity contribution in [3.05, 3.63) is 58.4 Å². The van der Waals surface area contributed by atoms with Gasteiger partial charge in [0, 0.05) is 17.0 Å². The molecule has 206 valence electrons. The highest BCUT2D eigenvalue weighted by Gasteiger charge is 2.41. The molecule has 0 aliphatic rings. The monoisotopic (exact) mass is 534 g/mol. The fourth-order valence-corrected chi connectivity index (χ4v) is 3.85. The van der Waals surface area contributed by atoms with Crippen molar-refractivity contribution in [2.75, 3.05) is 20.3 Å². The number of fused-ring (bicyclic) bond motifs is 1. The molecule has 1 unspecified atom stereocenters. The first-order valence-electron chi connectivity index (χ1n) is 12.6. The van der Waals surface area contributed by atoms with Crippen molar-refractivity contribution in [1.29, 1.82) is 0 Å². The number of unbranched alkanes of at least 4 members (excludes halogenated alkanes) is 2. The molecule has 0 bridgehead atoms. The summed E-state index contributed by atoms with van der Waals surface area (Å²) in [5.74, 6) is -2.62. The van der Waals surface area contributed by atoms with Crippen molar-refractivity contribution >= 4 is 16.9 Å². The summed E-state index contributed by atoms with van der Waals surface area (Å²) >= 11 is 0. The number of carbonyl (C=O) groups excluding carboxylic acids is 1. The van der Waals surface area contributed by atoms with Crippen LogP contribution in [-0.2, 0) is 16.0 Å². The molecule has 0 spiro atoms. The standard InChI is InChI=1S/C29H33F3O6/c1-5-6-7-8-19-9-12-23(26(13-19)35-4)24-14-20-10-11-22(15-25(20)38-28(24)34)36-16-21(29(30,31)32)17-37-27(33)18(2)3/h9-15,18,21H,5-8,16-17H2,1-4H3. The molecule has 2 aromatic carbocycles. The summed E-state index contributed by atoms with van der Waals surface area (Å²) in [6, 6.07) is 11.8. The Balaban J connectivity index is 1.80. The van der Waals surface area contributed by atoms with E-state index in [-0.39, 0.29) is 11.3 Å². The third kappa shape index (κ3) is 7.52. The third-order valence-electron chi connectivity index (χ3n) is 6.14. The van der Waals surface area contributed by atoms with E-state index in [9.17, 15) is 22.8 Å². The zero-order valence-corrected chi connectivity index (χ0v) is 22.0. The number of methoxy groups -OCH3 is 1. The van der Waals surface area contributed by atoms with Crippen LogP contribution in [0.3, 0.4) is 0 Å². The van der Waals surface area contributed by atoms with Gasteiger partial charge in [-0.15, -0.1) is 0 Å². The van der Waals surface area contributed by atoms with E-state index in [4.69, 9.17) is 18.6 Å². The van der Waals surface area contributed by atoms with Gasteiger partial charge in [-0.05, 0) is 42.7 Å². The SMILES string of the molecule is CCCCCc1ccc(-c2cc3ccc(OCC(COC(=O)C(C)C)C(F)(F)F)cc3oc2=O)c(OC)c1. The molecule has 0 aliphatic heterocycles. The highest BCUT2D eigenvalue weighted by Crippen LogP contribution is 2.33. The Morgan fingerprint density at radius 2 is 1.76 bits per heavy atom. The molecule has 0 aliphatic carbocycles. The van der Waals surface area contributed by atoms with Gasteiger partial charge >= 0.3 is 17.8 Å². The highest BCUT2D eigenvalue weighted by atomic mass is 19.4. The van der Waals surface area contributed by atoms with E-state index < -0.39 is 42.8 Å². The Morgan fingerprint density at radius 3 is 2.42 bits per heavy atom. The van der Waals surface area contributed by atoms with Crippen molar-refractivity contribution in [2.24, 2.45) is 11.8 Å². The van der Waals surface area contributed by atoms with Gasteiger partial charge in [0.15, 0.2) is 0 Å². The second-order valence-electron chi connectivity index (χ2n) is 9.47. The average Bonchev–Trinajstić information content (AvgIpc) is 2.87. The first-order valence-corrected chi connectivity index (χ1v) is 12.6. The fraction of sp³-hybridized carbons (Fsp3) is 0.448. The molecule has 38 heavy (non-hydrogen) atoms. The molecule has 6 nitrogen and oxygen atoms in total. The number of esters is 1. The smallest absolute Gasteiger partial charge is 0.398 e. The molecule has 1 atom stereocenters. The van der Waals surface area contributed by atoms with Crippen molar-refractivity contribution in [3.63, 3.8) is 0 Å². The molecule has 9 heteroatoms. The summed E-state index contributed by atoms with van der Waals surface area (Å²) < 4.78 is 61.4. The Hall–Kier alpha value is -3.49. The Labute approximate surface area is 219 Å². The van der Waals surface area contributed by atoms with E-state index in [1.807, 2.05) is 18.2 Å². The Morgan fingerprint density at radius 1 is 1.00 bits per heavy atom. The van der Waals surface area contributed by atoms with E-state index >= 15 is 0 Å². The summed E-state index contributed by atoms with van der Waals surface area (Å²) in [5, 5.41) is 0.569. The van der Waals surface area contributed by atoms with Gasteiger partial charge in [0.2, 0.25) is 0 Å². The summed E-state index contributed by atoms with van der Waals surface area (Å²) in [6.07, 6.45) is -0.396. The molecular weight excluding hydrogens is 501 g/mol. The molecular formula is C29H33F3O6. The number of carbonyl (C=O) groups is 1. The van der Waals surface area contributed by atoms with E-state index in [1.54, 1.807) is 19.2 Å². The van der Waals surface area contributed by atoms with Gasteiger partial charge in [-0.2, -0.15) is 13.2 Å². The Kier molecular flexibility index (Phi) is 9.83. The van der Waals surface area contributed by atoms with E-state index in [0.717, 1.165) is 31.2 Å². The van der Waals surface area contributed by atoms with Crippen molar-refractivity contribution < 1.29 is 36.6 Å². The summed E-state index contributed by atoms with van der Waals surface area (Å²) in [4.78, 5) is 24.4. The first-order chi connectivity index (χ1) is 18.0. The summed E-state index contributed by atoms with van der Waals surface area (Å²) in [6.45, 7) is 3.62. The van der Waals surface area contributed by atoms with Crippen LogP contribution >= 0.6 is 0 Å². The molecule has 0 N–H and O–H groups in total. The lowest BCUT2D eigenvalue weighted by Crippen LogP contribution is -2.34. The number of ether oxygens (including phenoxy) is 3. The highest BCUT2D eigenvalue weighted by molar-refractivity contribution is 5.84. The van der Waals surface area contributed by atoms with Gasteiger partial charge in [0.05, 0.1) is 18.6 Å². The maximum absolute atomic E-state index is 13.4. The zero-order valence-electron chi connectivity index (χ0n) is 22.0. The minimum Gasteiger partial charge on any atom is -0.496 e. The molecule has 0 saturated carbocycles. The number of aryl methyl sites for hydroxylation is 1. The lowest BCUT2D eigenvalue weighted by atomic mass is 10.00. The number of halogens is 3. The topological polar surface area (TPSA) is 75.0 Å². The maximum Gasteiger partial charge on any atom is 0.398 e. The number of rotatable bonds is 12. The quantitative estimate of drug-likeness (QED) is 0.142. The van der Waals surface area contributed by atoms with Gasteiger partial charge in [-0.25, -0.2) is 4.79 Å². The van der Waals surface area contributed by atoms with Crippen LogP contribution in [0.5, 0.6) is 11.5 Å². The second-order valence-corrected chi connectivity index (χ2v) is 9.47. The molecule has 0 radical (unpaired) electrons. The van der Waals surface area contributed by atoms with Crippen molar-refractivity contribution in [1.82, 2.24) is 0 Å². The number of benzene rings is 2. The normalized spacial score (nSPS) is 12.5. The fourth-order valence-electron chi connectivity index (χ4n) is 3.85. The van der Waals surface area contributed by atoms with Crippen LogP contribution in [0.25, 0.3) is 22.1 Å². The molecule has 0 saturated heterocycles. The molecule has 3 rings (SSSR count). The minimum absolute atomic E-state index is 0.0897. The van der Waals surface area contributed by atoms with Crippen LogP contribution in [0.2, 0.25) is 0 Å². The number of hydrogen-bond acceptors (Lipinski definition) is 6. The van der Waals surface area contributed by atoms with Crippen LogP contribution < -0.4 is 15.1 Å². The molecule has 1 aromatic heterocycles. The van der Waals surface area contributed by atoms with E-state index in [1.165, 1.54) is 26.0 Å². The maximum atomic E-state index is 13.4. The second kappa shape index (κ2) is 12.8. The summed E-state index contributed by atoms with van der Waals surface area (Å²) in [7, 11) is 1.54. The summed E-state index contributed by atoms with van der Waals surface area (Å²) in [5.41, 5.74) is 1.57. The van der Waals surface area contributed by atoms with Gasteiger partial charge in [-0.1, -0.05) is 45.7 Å².